The maximum absolute atomic E-state index is 5.82. The zero-order chi connectivity index (χ0) is 11.7. The molecule has 17 heavy (non-hydrogen) atoms. The van der Waals surface area contributed by atoms with Gasteiger partial charge in [0.2, 0.25) is 0 Å². The van der Waals surface area contributed by atoms with Crippen LogP contribution in [0.2, 0.25) is 0 Å². The number of ether oxygens (including phenoxy) is 1. The average Bonchev–Trinajstić information content (AvgIpc) is 2.91. The van der Waals surface area contributed by atoms with Gasteiger partial charge in [0.15, 0.2) is 5.13 Å². The molecule has 3 rings (SSSR count). The maximum Gasteiger partial charge on any atom is 0.184 e. The third kappa shape index (κ3) is 2.19. The van der Waals surface area contributed by atoms with Crippen LogP contribution < -0.4 is 15.8 Å². The Kier molecular flexibility index (Phi) is 2.60. The second-order valence-electron chi connectivity index (χ2n) is 4.00. The fourth-order valence-corrected chi connectivity index (χ4v) is 2.53. The topological polar surface area (TPSA) is 60.2 Å². The van der Waals surface area contributed by atoms with Gasteiger partial charge in [0.1, 0.15) is 16.9 Å². The molecule has 0 saturated carbocycles. The third-order valence-corrected chi connectivity index (χ3v) is 3.50. The summed E-state index contributed by atoms with van der Waals surface area (Å²) in [7, 11) is 0. The van der Waals surface area contributed by atoms with Crippen LogP contribution in [0.5, 0.6) is 5.75 Å². The number of nitrogens with zero attached hydrogens (tertiary/aromatic N) is 1. The largest absolute Gasteiger partial charge is 0.488 e. The summed E-state index contributed by atoms with van der Waals surface area (Å²) in [5, 5.41) is 4.82. The molecule has 0 saturated heterocycles. The van der Waals surface area contributed by atoms with E-state index in [0.717, 1.165) is 28.8 Å². The van der Waals surface area contributed by atoms with Crippen LogP contribution in [0.1, 0.15) is 5.56 Å². The Morgan fingerprint density at radius 1 is 1.47 bits per heavy atom. The summed E-state index contributed by atoms with van der Waals surface area (Å²) in [6.45, 7) is 0.752. The number of nitrogen functional groups attached to an aromatic ring is 1. The summed E-state index contributed by atoms with van der Waals surface area (Å²) >= 11 is 1.45. The molecule has 1 aliphatic heterocycles. The van der Waals surface area contributed by atoms with Gasteiger partial charge in [0.05, 0.1) is 12.7 Å². The molecule has 0 amide bonds. The Morgan fingerprint density at radius 3 is 3.12 bits per heavy atom. The molecule has 0 fully saturated rings. The van der Waals surface area contributed by atoms with Crippen molar-refractivity contribution in [3.05, 3.63) is 36.0 Å². The Balaban J connectivity index is 1.59. The van der Waals surface area contributed by atoms with Crippen molar-refractivity contribution in [2.24, 2.45) is 0 Å². The normalized spacial score (nSPS) is 17.5. The molecule has 0 aliphatic carbocycles. The van der Waals surface area contributed by atoms with Crippen LogP contribution in [-0.4, -0.2) is 17.6 Å². The van der Waals surface area contributed by atoms with E-state index in [2.05, 4.69) is 16.4 Å². The molecule has 3 N–H and O–H groups in total. The first-order valence-electron chi connectivity index (χ1n) is 5.51. The lowest BCUT2D eigenvalue weighted by atomic mass is 10.1. The molecular weight excluding hydrogens is 234 g/mol. The first-order chi connectivity index (χ1) is 8.31. The van der Waals surface area contributed by atoms with Crippen molar-refractivity contribution in [3.8, 4) is 5.75 Å². The maximum atomic E-state index is 5.82. The molecule has 2 aromatic rings. The molecule has 88 valence electrons. The molecule has 4 nitrogen and oxygen atoms in total. The Morgan fingerprint density at radius 2 is 2.35 bits per heavy atom. The number of nitrogens with two attached hydrogens (primary N) is 1. The van der Waals surface area contributed by atoms with Crippen LogP contribution in [-0.2, 0) is 6.42 Å². The van der Waals surface area contributed by atoms with Gasteiger partial charge >= 0.3 is 0 Å². The van der Waals surface area contributed by atoms with Crippen LogP contribution in [0.15, 0.2) is 30.5 Å². The third-order valence-electron chi connectivity index (χ3n) is 2.72. The number of para-hydroxylation sites is 1. The predicted molar refractivity (Wildman–Crippen MR) is 69.6 cm³/mol. The van der Waals surface area contributed by atoms with Gasteiger partial charge < -0.3 is 15.8 Å². The highest BCUT2D eigenvalue weighted by molar-refractivity contribution is 7.19. The lowest BCUT2D eigenvalue weighted by molar-refractivity contribution is 0.246. The quantitative estimate of drug-likeness (QED) is 0.872. The highest BCUT2D eigenvalue weighted by atomic mass is 32.1. The van der Waals surface area contributed by atoms with Crippen molar-refractivity contribution < 1.29 is 4.74 Å². The van der Waals surface area contributed by atoms with Gasteiger partial charge in [-0.15, -0.1) is 0 Å². The molecule has 5 heteroatoms. The molecule has 1 aromatic carbocycles. The molecule has 1 atom stereocenters. The number of hydrogen-bond donors (Lipinski definition) is 2. The Labute approximate surface area is 103 Å². The van der Waals surface area contributed by atoms with Crippen molar-refractivity contribution in [3.63, 3.8) is 0 Å². The van der Waals surface area contributed by atoms with Crippen LogP contribution in [0, 0.1) is 0 Å². The molecule has 0 bridgehead atoms. The predicted octanol–water partition coefficient (Wildman–Crippen LogP) is 2.14. The van der Waals surface area contributed by atoms with E-state index in [-0.39, 0.29) is 6.10 Å². The fourth-order valence-electron chi connectivity index (χ4n) is 1.94. The monoisotopic (exact) mass is 247 g/mol. The van der Waals surface area contributed by atoms with E-state index in [1.165, 1.54) is 16.9 Å². The lowest BCUT2D eigenvalue weighted by Crippen LogP contribution is -2.23. The average molecular weight is 247 g/mol. The molecule has 1 unspecified atom stereocenters. The number of thiazole rings is 1. The van der Waals surface area contributed by atoms with E-state index in [0.29, 0.717) is 0 Å². The summed E-state index contributed by atoms with van der Waals surface area (Å²) in [5.41, 5.74) is 6.89. The summed E-state index contributed by atoms with van der Waals surface area (Å²) in [6, 6.07) is 8.16. The number of aromatic nitrogens is 1. The van der Waals surface area contributed by atoms with Crippen LogP contribution in [0.3, 0.4) is 0 Å². The molecule has 0 spiro atoms. The van der Waals surface area contributed by atoms with Gasteiger partial charge in [-0.1, -0.05) is 29.5 Å². The van der Waals surface area contributed by atoms with Crippen molar-refractivity contribution >= 4 is 21.5 Å². The number of fused-ring (bicyclic) bond motifs is 1. The smallest absolute Gasteiger partial charge is 0.184 e. The van der Waals surface area contributed by atoms with Crippen LogP contribution in [0.25, 0.3) is 0 Å². The van der Waals surface area contributed by atoms with Crippen molar-refractivity contribution in [2.45, 2.75) is 12.5 Å². The van der Waals surface area contributed by atoms with E-state index in [4.69, 9.17) is 10.5 Å². The zero-order valence-corrected chi connectivity index (χ0v) is 10.0. The SMILES string of the molecule is Nc1cnc(NCC2Cc3ccccc3O2)s1. The number of nitrogens with one attached hydrogen (secondary N) is 1. The minimum absolute atomic E-state index is 0.178. The minimum atomic E-state index is 0.178. The van der Waals surface area contributed by atoms with Crippen molar-refractivity contribution in [1.82, 2.24) is 4.98 Å². The first-order valence-corrected chi connectivity index (χ1v) is 6.32. The summed E-state index contributed by atoms with van der Waals surface area (Å²) < 4.78 is 5.82. The van der Waals surface area contributed by atoms with Crippen LogP contribution >= 0.6 is 11.3 Å². The van der Waals surface area contributed by atoms with E-state index >= 15 is 0 Å². The summed E-state index contributed by atoms with van der Waals surface area (Å²) in [6.07, 6.45) is 2.79. The highest BCUT2D eigenvalue weighted by Gasteiger charge is 2.22. The standard InChI is InChI=1S/C12H13N3OS/c13-11-7-15-12(17-11)14-6-9-5-8-3-1-2-4-10(8)16-9/h1-4,7,9H,5-6,13H2,(H,14,15). The molecule has 2 heterocycles. The highest BCUT2D eigenvalue weighted by Crippen LogP contribution is 2.28. The summed E-state index contributed by atoms with van der Waals surface area (Å²) in [4.78, 5) is 4.15. The van der Waals surface area contributed by atoms with Crippen molar-refractivity contribution in [2.75, 3.05) is 17.6 Å². The minimum Gasteiger partial charge on any atom is -0.488 e. The first kappa shape index (κ1) is 10.4. The van der Waals surface area contributed by atoms with Gasteiger partial charge in [-0.25, -0.2) is 4.98 Å². The van der Waals surface area contributed by atoms with E-state index < -0.39 is 0 Å². The van der Waals surface area contributed by atoms with Gasteiger partial charge in [0, 0.05) is 6.42 Å². The summed E-state index contributed by atoms with van der Waals surface area (Å²) in [5.74, 6) is 0.998. The van der Waals surface area contributed by atoms with Crippen molar-refractivity contribution in [1.29, 1.82) is 0 Å². The number of hydrogen-bond acceptors (Lipinski definition) is 5. The van der Waals surface area contributed by atoms with E-state index in [1.807, 2.05) is 18.2 Å². The van der Waals surface area contributed by atoms with Gasteiger partial charge in [-0.3, -0.25) is 0 Å². The second kappa shape index (κ2) is 4.25. The Bertz CT molecular complexity index is 501. The van der Waals surface area contributed by atoms with Gasteiger partial charge in [0.25, 0.3) is 0 Å². The molecular formula is C12H13N3OS. The number of anilines is 2. The van der Waals surface area contributed by atoms with E-state index in [9.17, 15) is 0 Å². The van der Waals surface area contributed by atoms with Crippen LogP contribution in [0.4, 0.5) is 10.1 Å². The number of rotatable bonds is 3. The zero-order valence-electron chi connectivity index (χ0n) is 9.22. The lowest BCUT2D eigenvalue weighted by Gasteiger charge is -2.10. The molecule has 1 aliphatic rings. The van der Waals surface area contributed by atoms with Gasteiger partial charge in [-0.2, -0.15) is 0 Å². The fraction of sp³-hybridized carbons (Fsp3) is 0.250. The number of benzene rings is 1. The van der Waals surface area contributed by atoms with E-state index in [1.54, 1.807) is 6.20 Å². The molecule has 1 aromatic heterocycles. The van der Waals surface area contributed by atoms with Gasteiger partial charge in [-0.05, 0) is 11.6 Å². The molecule has 0 radical (unpaired) electrons. The Hall–Kier alpha value is -1.75. The second-order valence-corrected chi connectivity index (χ2v) is 5.06.